The van der Waals surface area contributed by atoms with Crippen molar-refractivity contribution in [3.8, 4) is 0 Å². The third kappa shape index (κ3) is 10.8. The molecule has 0 aliphatic carbocycles. The van der Waals surface area contributed by atoms with Crippen molar-refractivity contribution in [2.24, 2.45) is 0 Å². The minimum absolute atomic E-state index is 0.225. The summed E-state index contributed by atoms with van der Waals surface area (Å²) in [5.41, 5.74) is 0. The van der Waals surface area contributed by atoms with Crippen molar-refractivity contribution in [1.29, 1.82) is 0 Å². The first-order valence-electron chi connectivity index (χ1n) is 10.1. The zero-order valence-electron chi connectivity index (χ0n) is 17.5. The quantitative estimate of drug-likeness (QED) is 0.213. The monoisotopic (exact) mass is 449 g/mol. The fourth-order valence-electron chi connectivity index (χ4n) is 3.53. The number of aliphatic carboxylic acids is 3. The van der Waals surface area contributed by atoms with E-state index in [1.807, 2.05) is 0 Å². The van der Waals surface area contributed by atoms with Gasteiger partial charge in [0.05, 0.1) is 44.4 Å². The van der Waals surface area contributed by atoms with Crippen molar-refractivity contribution in [2.75, 3.05) is 85.2 Å². The molecule has 0 amide bonds. The van der Waals surface area contributed by atoms with Crippen molar-refractivity contribution in [3.63, 3.8) is 0 Å². The summed E-state index contributed by atoms with van der Waals surface area (Å²) in [7, 11) is 0. The normalized spacial score (nSPS) is 21.0. The molecule has 0 aromatic carbocycles. The van der Waals surface area contributed by atoms with Gasteiger partial charge in [-0.15, -0.1) is 0 Å². The highest BCUT2D eigenvalue weighted by atomic mass is 16.4. The van der Waals surface area contributed by atoms with Gasteiger partial charge in [0.1, 0.15) is 0 Å². The van der Waals surface area contributed by atoms with E-state index in [2.05, 4.69) is 0 Å². The third-order valence-electron chi connectivity index (χ3n) is 5.23. The molecule has 2 atom stereocenters. The molecule has 180 valence electrons. The van der Waals surface area contributed by atoms with Gasteiger partial charge in [-0.2, -0.15) is 0 Å². The van der Waals surface area contributed by atoms with Crippen LogP contribution >= 0.6 is 0 Å². The van der Waals surface area contributed by atoms with Crippen LogP contribution in [0.25, 0.3) is 0 Å². The van der Waals surface area contributed by atoms with Crippen LogP contribution in [-0.2, 0) is 14.4 Å². The van der Waals surface area contributed by atoms with Crippen molar-refractivity contribution in [2.45, 2.75) is 12.1 Å². The molecule has 0 saturated carbocycles. The van der Waals surface area contributed by atoms with Gasteiger partial charge in [0.2, 0.25) is 0 Å². The molecule has 31 heavy (non-hydrogen) atoms. The van der Waals surface area contributed by atoms with Gasteiger partial charge in [0.15, 0.2) is 0 Å². The Labute approximate surface area is 180 Å². The maximum absolute atomic E-state index is 11.2. The first-order valence-corrected chi connectivity index (χ1v) is 10.1. The van der Waals surface area contributed by atoms with Crippen molar-refractivity contribution in [3.05, 3.63) is 0 Å². The Morgan fingerprint density at radius 1 is 0.710 bits per heavy atom. The maximum atomic E-state index is 11.2. The van der Waals surface area contributed by atoms with Crippen molar-refractivity contribution in [1.82, 2.24) is 19.6 Å². The summed E-state index contributed by atoms with van der Waals surface area (Å²) >= 11 is 0. The van der Waals surface area contributed by atoms with Crippen LogP contribution in [0, 0.1) is 0 Å². The Morgan fingerprint density at radius 3 is 1.42 bits per heavy atom. The number of hydrogen-bond donors (Lipinski definition) is 5. The van der Waals surface area contributed by atoms with Crippen LogP contribution in [0.2, 0.25) is 0 Å². The molecule has 0 unspecified atom stereocenters. The van der Waals surface area contributed by atoms with E-state index in [1.165, 1.54) is 0 Å². The Morgan fingerprint density at radius 2 is 1.10 bits per heavy atom. The minimum atomic E-state index is -1.29. The number of rotatable bonds is 10. The highest BCUT2D eigenvalue weighted by Crippen LogP contribution is 2.08. The summed E-state index contributed by atoms with van der Waals surface area (Å²) in [6, 6.07) is -0.812. The fraction of sp³-hybridized carbons (Fsp3) is 0.833. The summed E-state index contributed by atoms with van der Waals surface area (Å²) < 4.78 is 0. The number of hydrogen-bond acceptors (Lipinski definition) is 11. The Balaban J connectivity index is 3.05. The van der Waals surface area contributed by atoms with Gasteiger partial charge in [-0.1, -0.05) is 0 Å². The zero-order chi connectivity index (χ0) is 23.4. The second-order valence-corrected chi connectivity index (χ2v) is 7.52. The molecule has 1 fully saturated rings. The van der Waals surface area contributed by atoms with Crippen LogP contribution in [0.5, 0.6) is 0 Å². The van der Waals surface area contributed by atoms with E-state index in [1.54, 1.807) is 19.6 Å². The minimum Gasteiger partial charge on any atom is -0.549 e. The summed E-state index contributed by atoms with van der Waals surface area (Å²) in [5, 5.41) is 58.5. The molecule has 1 saturated heterocycles. The van der Waals surface area contributed by atoms with Gasteiger partial charge in [0.25, 0.3) is 0 Å². The second-order valence-electron chi connectivity index (χ2n) is 7.52. The molecule has 5 N–H and O–H groups in total. The molecule has 0 aromatic heterocycles. The summed E-state index contributed by atoms with van der Waals surface area (Å²) in [6.45, 7) is 0.0474. The Bertz CT molecular complexity index is 548. The molecule has 0 aromatic rings. The lowest BCUT2D eigenvalue weighted by molar-refractivity contribution is -0.306. The predicted molar refractivity (Wildman–Crippen MR) is 105 cm³/mol. The van der Waals surface area contributed by atoms with Crippen LogP contribution in [0.15, 0.2) is 0 Å². The van der Waals surface area contributed by atoms with Crippen LogP contribution in [0.1, 0.15) is 0 Å². The Hall–Kier alpha value is -1.87. The molecule has 0 radical (unpaired) electrons. The highest BCUT2D eigenvalue weighted by Gasteiger charge is 2.27. The SMILES string of the molecule is O=C([O-])CN1CCN(CC(=O)O)CCN(CC(=O)O)CCN([C@H](CO)[C@H](O)CO)CC1. The number of carboxylic acids is 3. The molecule has 1 rings (SSSR count). The zero-order valence-corrected chi connectivity index (χ0v) is 17.5. The number of nitrogens with zero attached hydrogens (tertiary/aromatic N) is 4. The summed E-state index contributed by atoms with van der Waals surface area (Å²) in [5.74, 6) is -3.37. The summed E-state index contributed by atoms with van der Waals surface area (Å²) in [4.78, 5) is 40.0. The second kappa shape index (κ2) is 14.2. The van der Waals surface area contributed by atoms with E-state index < -0.39 is 43.3 Å². The number of carbonyl (C=O) groups is 3. The topological polar surface area (TPSA) is 188 Å². The standard InChI is InChI=1S/C18H34N4O9/c23-12-14(15(25)13-24)22-7-5-20(10-17(28)29)3-1-19(9-16(26)27)2-4-21(6-8-22)11-18(30)31/h14-15,23-25H,1-13H2,(H,26,27)(H,28,29)(H,30,31)/p-1/t14-,15-/m1/s1. The predicted octanol–water partition coefficient (Wildman–Crippen LogP) is -5.16. The maximum Gasteiger partial charge on any atom is 0.317 e. The van der Waals surface area contributed by atoms with Crippen LogP contribution in [0.3, 0.4) is 0 Å². The molecule has 13 nitrogen and oxygen atoms in total. The molecule has 0 spiro atoms. The lowest BCUT2D eigenvalue weighted by Crippen LogP contribution is -2.54. The fourth-order valence-corrected chi connectivity index (χ4v) is 3.53. The first kappa shape index (κ1) is 27.2. The van der Waals surface area contributed by atoms with Gasteiger partial charge >= 0.3 is 11.9 Å². The molecule has 1 heterocycles. The van der Waals surface area contributed by atoms with E-state index >= 15 is 0 Å². The van der Waals surface area contributed by atoms with E-state index in [4.69, 9.17) is 5.11 Å². The summed E-state index contributed by atoms with van der Waals surface area (Å²) in [6.07, 6.45) is -1.23. The Kier molecular flexibility index (Phi) is 12.5. The van der Waals surface area contributed by atoms with E-state index in [-0.39, 0.29) is 72.0 Å². The molecule has 13 heteroatoms. The number of aliphatic hydroxyl groups is 3. The first-order chi connectivity index (χ1) is 14.7. The molecule has 1 aliphatic rings. The van der Waals surface area contributed by atoms with E-state index in [0.29, 0.717) is 0 Å². The van der Waals surface area contributed by atoms with E-state index in [0.717, 1.165) is 0 Å². The number of aliphatic hydroxyl groups excluding tert-OH is 3. The molecule has 1 aliphatic heterocycles. The highest BCUT2D eigenvalue weighted by molar-refractivity contribution is 5.69. The molecular weight excluding hydrogens is 416 g/mol. The van der Waals surface area contributed by atoms with Gasteiger partial charge in [0, 0.05) is 58.9 Å². The molecular formula is C18H33N4O9-. The van der Waals surface area contributed by atoms with Crippen LogP contribution < -0.4 is 5.11 Å². The number of carboxylic acid groups (broad SMARTS) is 3. The van der Waals surface area contributed by atoms with Crippen LogP contribution in [-0.4, -0.2) is 160 Å². The average Bonchev–Trinajstić information content (AvgIpc) is 2.68. The average molecular weight is 449 g/mol. The van der Waals surface area contributed by atoms with Gasteiger partial charge in [-0.3, -0.25) is 29.2 Å². The molecule has 0 bridgehead atoms. The van der Waals surface area contributed by atoms with Gasteiger partial charge < -0.3 is 35.4 Å². The van der Waals surface area contributed by atoms with E-state index in [9.17, 15) is 39.9 Å². The lowest BCUT2D eigenvalue weighted by Gasteiger charge is -2.37. The largest absolute Gasteiger partial charge is 0.549 e. The van der Waals surface area contributed by atoms with Gasteiger partial charge in [-0.25, -0.2) is 0 Å². The van der Waals surface area contributed by atoms with Crippen molar-refractivity contribution >= 4 is 17.9 Å². The smallest absolute Gasteiger partial charge is 0.317 e. The number of carbonyl (C=O) groups excluding carboxylic acids is 1. The van der Waals surface area contributed by atoms with Crippen LogP contribution in [0.4, 0.5) is 0 Å². The lowest BCUT2D eigenvalue weighted by atomic mass is 10.1. The van der Waals surface area contributed by atoms with Gasteiger partial charge in [-0.05, 0) is 0 Å². The van der Waals surface area contributed by atoms with Crippen molar-refractivity contribution < 1.29 is 45.0 Å². The third-order valence-corrected chi connectivity index (χ3v) is 5.23.